The lowest BCUT2D eigenvalue weighted by atomic mass is 10.0. The minimum Gasteiger partial charge on any atom is -0.495 e. The lowest BCUT2D eigenvalue weighted by Crippen LogP contribution is -2.43. The summed E-state index contributed by atoms with van der Waals surface area (Å²) in [6.45, 7) is 6.48. The third kappa shape index (κ3) is 3.57. The van der Waals surface area contributed by atoms with E-state index in [-0.39, 0.29) is 0 Å². The number of rotatable bonds is 5. The smallest absolute Gasteiger partial charge is 0.142 e. The van der Waals surface area contributed by atoms with Crippen LogP contribution in [0.5, 0.6) is 5.75 Å². The molecule has 1 fully saturated rings. The molecule has 0 radical (unpaired) electrons. The van der Waals surface area contributed by atoms with E-state index in [4.69, 9.17) is 4.74 Å². The van der Waals surface area contributed by atoms with Crippen molar-refractivity contribution in [3.8, 4) is 5.75 Å². The van der Waals surface area contributed by atoms with Gasteiger partial charge in [0.2, 0.25) is 0 Å². The molecule has 0 spiro atoms. The molecule has 1 aromatic rings. The van der Waals surface area contributed by atoms with E-state index in [0.717, 1.165) is 37.7 Å². The zero-order valence-electron chi connectivity index (χ0n) is 12.1. The number of anilines is 1. The summed E-state index contributed by atoms with van der Waals surface area (Å²) >= 11 is 1.89. The van der Waals surface area contributed by atoms with Crippen molar-refractivity contribution >= 4 is 17.4 Å². The van der Waals surface area contributed by atoms with E-state index >= 15 is 0 Å². The molecule has 2 rings (SSSR count). The monoisotopic (exact) mass is 280 g/mol. The highest BCUT2D eigenvalue weighted by Crippen LogP contribution is 2.32. The molecule has 1 unspecified atom stereocenters. The van der Waals surface area contributed by atoms with Gasteiger partial charge in [0.1, 0.15) is 5.75 Å². The third-order valence-electron chi connectivity index (χ3n) is 3.65. The third-order valence-corrected chi connectivity index (χ3v) is 4.48. The topological polar surface area (TPSA) is 24.5 Å². The fraction of sp³-hybridized carbons (Fsp3) is 0.600. The number of piperazine rings is 1. The van der Waals surface area contributed by atoms with Gasteiger partial charge >= 0.3 is 0 Å². The van der Waals surface area contributed by atoms with Gasteiger partial charge < -0.3 is 15.0 Å². The molecule has 1 N–H and O–H groups in total. The number of benzene rings is 1. The molecule has 1 aliphatic rings. The summed E-state index contributed by atoms with van der Waals surface area (Å²) in [7, 11) is 1.77. The normalized spacial score (nSPS) is 17.3. The van der Waals surface area contributed by atoms with E-state index < -0.39 is 0 Å². The molecule has 0 aromatic heterocycles. The van der Waals surface area contributed by atoms with Crippen molar-refractivity contribution in [1.29, 1.82) is 0 Å². The van der Waals surface area contributed by atoms with Crippen molar-refractivity contribution in [2.75, 3.05) is 50.2 Å². The molecule has 1 aliphatic heterocycles. The largest absolute Gasteiger partial charge is 0.495 e. The summed E-state index contributed by atoms with van der Waals surface area (Å²) < 4.78 is 5.60. The van der Waals surface area contributed by atoms with Crippen molar-refractivity contribution in [2.24, 2.45) is 0 Å². The number of nitrogens with zero attached hydrogens (tertiary/aromatic N) is 1. The molecular formula is C15H24N2OS. The van der Waals surface area contributed by atoms with Gasteiger partial charge in [0.15, 0.2) is 0 Å². The Hall–Kier alpha value is -0.870. The first-order valence-corrected chi connectivity index (χ1v) is 8.28. The zero-order chi connectivity index (χ0) is 13.7. The molecule has 4 heteroatoms. The summed E-state index contributed by atoms with van der Waals surface area (Å²) in [5, 5.41) is 3.38. The first kappa shape index (κ1) is 14.5. The Morgan fingerprint density at radius 2 is 2.11 bits per heavy atom. The van der Waals surface area contributed by atoms with Crippen LogP contribution in [0, 0.1) is 0 Å². The van der Waals surface area contributed by atoms with Gasteiger partial charge in [0.25, 0.3) is 0 Å². The number of nitrogens with one attached hydrogen (secondary N) is 1. The molecule has 0 saturated carbocycles. The van der Waals surface area contributed by atoms with Crippen LogP contribution in [0.4, 0.5) is 5.69 Å². The summed E-state index contributed by atoms with van der Waals surface area (Å²) in [5.74, 6) is 2.73. The predicted molar refractivity (Wildman–Crippen MR) is 84.9 cm³/mol. The maximum atomic E-state index is 5.60. The average molecular weight is 280 g/mol. The Balaban J connectivity index is 2.20. The van der Waals surface area contributed by atoms with Crippen LogP contribution in [-0.2, 0) is 0 Å². The summed E-state index contributed by atoms with van der Waals surface area (Å²) in [4.78, 5) is 2.40. The van der Waals surface area contributed by atoms with E-state index in [1.807, 2.05) is 11.8 Å². The molecule has 19 heavy (non-hydrogen) atoms. The predicted octanol–water partition coefficient (Wildman–Crippen LogP) is 2.57. The Kier molecular flexibility index (Phi) is 5.40. The van der Waals surface area contributed by atoms with E-state index in [0.29, 0.717) is 5.92 Å². The standard InChI is InChI=1S/C15H24N2OS/c1-12(11-19-3)13-4-5-14(15(10-13)18-2)17-8-6-16-7-9-17/h4-5,10,12,16H,6-9,11H2,1-3H3. The SMILES string of the molecule is COc1cc(C(C)CSC)ccc1N1CCNCC1. The molecule has 106 valence electrons. The zero-order valence-corrected chi connectivity index (χ0v) is 12.9. The van der Waals surface area contributed by atoms with Gasteiger partial charge in [0, 0.05) is 26.2 Å². The fourth-order valence-electron chi connectivity index (χ4n) is 2.51. The minimum atomic E-state index is 0.570. The molecule has 0 amide bonds. The van der Waals surface area contributed by atoms with Crippen molar-refractivity contribution in [2.45, 2.75) is 12.8 Å². The van der Waals surface area contributed by atoms with Gasteiger partial charge in [-0.25, -0.2) is 0 Å². The van der Waals surface area contributed by atoms with Crippen molar-refractivity contribution in [1.82, 2.24) is 5.32 Å². The van der Waals surface area contributed by atoms with Crippen LogP contribution >= 0.6 is 11.8 Å². The number of thioether (sulfide) groups is 1. The number of methoxy groups -OCH3 is 1. The van der Waals surface area contributed by atoms with Crippen molar-refractivity contribution < 1.29 is 4.74 Å². The Morgan fingerprint density at radius 3 is 2.74 bits per heavy atom. The minimum absolute atomic E-state index is 0.570. The highest BCUT2D eigenvalue weighted by Gasteiger charge is 2.16. The second-order valence-corrected chi connectivity index (χ2v) is 5.94. The molecule has 0 bridgehead atoms. The quantitative estimate of drug-likeness (QED) is 0.896. The van der Waals surface area contributed by atoms with Crippen LogP contribution in [0.25, 0.3) is 0 Å². The van der Waals surface area contributed by atoms with Crippen molar-refractivity contribution in [3.63, 3.8) is 0 Å². The molecule has 1 aromatic carbocycles. The van der Waals surface area contributed by atoms with Gasteiger partial charge in [-0.05, 0) is 35.6 Å². The molecule has 3 nitrogen and oxygen atoms in total. The maximum Gasteiger partial charge on any atom is 0.142 e. The van der Waals surface area contributed by atoms with Gasteiger partial charge in [0.05, 0.1) is 12.8 Å². The molecule has 1 saturated heterocycles. The summed E-state index contributed by atoms with van der Waals surface area (Å²) in [6.07, 6.45) is 2.16. The van der Waals surface area contributed by atoms with Crippen LogP contribution in [0.3, 0.4) is 0 Å². The Labute approximate surface area is 120 Å². The lowest BCUT2D eigenvalue weighted by Gasteiger charge is -2.31. The van der Waals surface area contributed by atoms with Gasteiger partial charge in [-0.15, -0.1) is 0 Å². The summed E-state index contributed by atoms with van der Waals surface area (Å²) in [5.41, 5.74) is 2.59. The highest BCUT2D eigenvalue weighted by molar-refractivity contribution is 7.98. The average Bonchev–Trinajstić information content (AvgIpc) is 2.47. The van der Waals surface area contributed by atoms with E-state index in [2.05, 4.69) is 41.6 Å². The number of hydrogen-bond donors (Lipinski definition) is 1. The van der Waals surface area contributed by atoms with Crippen LogP contribution < -0.4 is 15.0 Å². The fourth-order valence-corrected chi connectivity index (χ4v) is 3.21. The highest BCUT2D eigenvalue weighted by atomic mass is 32.2. The van der Waals surface area contributed by atoms with Crippen LogP contribution in [0.1, 0.15) is 18.4 Å². The van der Waals surface area contributed by atoms with Crippen LogP contribution in [0.15, 0.2) is 18.2 Å². The van der Waals surface area contributed by atoms with Crippen LogP contribution in [0.2, 0.25) is 0 Å². The second-order valence-electron chi connectivity index (χ2n) is 5.02. The van der Waals surface area contributed by atoms with Gasteiger partial charge in [-0.2, -0.15) is 11.8 Å². The molecule has 1 atom stereocenters. The van der Waals surface area contributed by atoms with Gasteiger partial charge in [-0.3, -0.25) is 0 Å². The van der Waals surface area contributed by atoms with Crippen LogP contribution in [-0.4, -0.2) is 45.3 Å². The number of ether oxygens (including phenoxy) is 1. The maximum absolute atomic E-state index is 5.60. The Bertz CT molecular complexity index is 405. The lowest BCUT2D eigenvalue weighted by molar-refractivity contribution is 0.412. The molecular weight excluding hydrogens is 256 g/mol. The van der Waals surface area contributed by atoms with E-state index in [1.54, 1.807) is 7.11 Å². The van der Waals surface area contributed by atoms with Gasteiger partial charge in [-0.1, -0.05) is 13.0 Å². The summed E-state index contributed by atoms with van der Waals surface area (Å²) in [6, 6.07) is 6.68. The second kappa shape index (κ2) is 7.06. The number of hydrogen-bond acceptors (Lipinski definition) is 4. The Morgan fingerprint density at radius 1 is 1.37 bits per heavy atom. The first-order chi connectivity index (χ1) is 9.26. The van der Waals surface area contributed by atoms with Crippen molar-refractivity contribution in [3.05, 3.63) is 23.8 Å². The molecule has 0 aliphatic carbocycles. The first-order valence-electron chi connectivity index (χ1n) is 6.88. The van der Waals surface area contributed by atoms with E-state index in [9.17, 15) is 0 Å². The molecule has 1 heterocycles. The van der Waals surface area contributed by atoms with E-state index in [1.165, 1.54) is 11.3 Å².